The maximum Gasteiger partial charge on any atom is 0.259 e. The SMILES string of the molecule is CCCN(Cc1cc(=O)n2c(C)csc2n1)c1ccc(Cl)cc1. The Balaban J connectivity index is 1.94. The Morgan fingerprint density at radius 3 is 2.74 bits per heavy atom. The van der Waals surface area contributed by atoms with Crippen LogP contribution < -0.4 is 10.5 Å². The highest BCUT2D eigenvalue weighted by atomic mass is 35.5. The van der Waals surface area contributed by atoms with Crippen LogP contribution in [0.1, 0.15) is 24.7 Å². The zero-order valence-corrected chi connectivity index (χ0v) is 14.7. The van der Waals surface area contributed by atoms with Crippen molar-refractivity contribution < 1.29 is 0 Å². The molecule has 2 aromatic heterocycles. The smallest absolute Gasteiger partial charge is 0.259 e. The van der Waals surface area contributed by atoms with Crippen molar-refractivity contribution in [3.8, 4) is 0 Å². The van der Waals surface area contributed by atoms with Gasteiger partial charge < -0.3 is 4.90 Å². The van der Waals surface area contributed by atoms with E-state index in [4.69, 9.17) is 11.6 Å². The van der Waals surface area contributed by atoms with Gasteiger partial charge in [0.25, 0.3) is 5.56 Å². The summed E-state index contributed by atoms with van der Waals surface area (Å²) in [7, 11) is 0. The number of nitrogens with zero attached hydrogens (tertiary/aromatic N) is 3. The molecule has 6 heteroatoms. The van der Waals surface area contributed by atoms with Gasteiger partial charge in [-0.25, -0.2) is 4.98 Å². The summed E-state index contributed by atoms with van der Waals surface area (Å²) in [5.41, 5.74) is 2.79. The predicted molar refractivity (Wildman–Crippen MR) is 96.9 cm³/mol. The molecule has 0 spiro atoms. The molecule has 0 fully saturated rings. The van der Waals surface area contributed by atoms with Gasteiger partial charge in [0.05, 0.1) is 12.2 Å². The first-order valence-corrected chi connectivity index (χ1v) is 8.81. The van der Waals surface area contributed by atoms with Crippen LogP contribution in [0.5, 0.6) is 0 Å². The zero-order valence-electron chi connectivity index (χ0n) is 13.1. The summed E-state index contributed by atoms with van der Waals surface area (Å²) >= 11 is 7.46. The van der Waals surface area contributed by atoms with Gasteiger partial charge in [-0.15, -0.1) is 11.3 Å². The van der Waals surface area contributed by atoms with E-state index in [0.29, 0.717) is 6.54 Å². The largest absolute Gasteiger partial charge is 0.366 e. The highest BCUT2D eigenvalue weighted by molar-refractivity contribution is 7.15. The second-order valence-corrected chi connectivity index (χ2v) is 6.75. The van der Waals surface area contributed by atoms with Crippen molar-refractivity contribution in [1.82, 2.24) is 9.38 Å². The summed E-state index contributed by atoms with van der Waals surface area (Å²) in [6, 6.07) is 9.39. The molecule has 1 aromatic carbocycles. The molecule has 2 heterocycles. The van der Waals surface area contributed by atoms with Crippen LogP contribution in [0.25, 0.3) is 4.96 Å². The number of hydrogen-bond acceptors (Lipinski definition) is 4. The first kappa shape index (κ1) is 16.0. The molecule has 120 valence electrons. The first-order valence-electron chi connectivity index (χ1n) is 7.56. The Bertz CT molecular complexity index is 870. The van der Waals surface area contributed by atoms with Crippen LogP contribution in [0.2, 0.25) is 5.02 Å². The molecule has 0 aliphatic rings. The number of hydrogen-bond donors (Lipinski definition) is 0. The predicted octanol–water partition coefficient (Wildman–Crippen LogP) is 4.13. The van der Waals surface area contributed by atoms with Crippen LogP contribution in [-0.4, -0.2) is 15.9 Å². The molecule has 0 bridgehead atoms. The minimum Gasteiger partial charge on any atom is -0.366 e. The molecule has 3 rings (SSSR count). The summed E-state index contributed by atoms with van der Waals surface area (Å²) in [4.78, 5) is 19.9. The summed E-state index contributed by atoms with van der Waals surface area (Å²) < 4.78 is 1.65. The van der Waals surface area contributed by atoms with E-state index in [1.54, 1.807) is 10.5 Å². The molecule has 0 unspecified atom stereocenters. The standard InChI is InChI=1S/C17H18ClN3OS/c1-3-8-20(15-6-4-13(18)5-7-15)10-14-9-16(22)21-12(2)11-23-17(21)19-14/h4-7,9,11H,3,8,10H2,1-2H3. The molecular weight excluding hydrogens is 330 g/mol. The van der Waals surface area contributed by atoms with E-state index in [-0.39, 0.29) is 5.56 Å². The van der Waals surface area contributed by atoms with Gasteiger partial charge in [-0.3, -0.25) is 9.20 Å². The number of fused-ring (bicyclic) bond motifs is 1. The third kappa shape index (κ3) is 3.41. The summed E-state index contributed by atoms with van der Waals surface area (Å²) in [5, 5.41) is 2.67. The molecule has 0 atom stereocenters. The van der Waals surface area contributed by atoms with E-state index in [9.17, 15) is 4.79 Å². The van der Waals surface area contributed by atoms with Crippen molar-refractivity contribution in [2.24, 2.45) is 0 Å². The van der Waals surface area contributed by atoms with Crippen molar-refractivity contribution >= 4 is 33.6 Å². The van der Waals surface area contributed by atoms with Gasteiger partial charge >= 0.3 is 0 Å². The zero-order chi connectivity index (χ0) is 16.4. The van der Waals surface area contributed by atoms with Crippen LogP contribution in [0, 0.1) is 6.92 Å². The minimum atomic E-state index is -0.0173. The fourth-order valence-electron chi connectivity index (χ4n) is 2.60. The Morgan fingerprint density at radius 1 is 1.30 bits per heavy atom. The van der Waals surface area contributed by atoms with Gasteiger partial charge in [0.15, 0.2) is 4.96 Å². The van der Waals surface area contributed by atoms with E-state index < -0.39 is 0 Å². The third-order valence-electron chi connectivity index (χ3n) is 3.67. The first-order chi connectivity index (χ1) is 11.1. The molecule has 0 amide bonds. The fraction of sp³-hybridized carbons (Fsp3) is 0.294. The highest BCUT2D eigenvalue weighted by Crippen LogP contribution is 2.20. The van der Waals surface area contributed by atoms with Crippen LogP contribution in [0.3, 0.4) is 0 Å². The Kier molecular flexibility index (Phi) is 4.68. The average molecular weight is 348 g/mol. The van der Waals surface area contributed by atoms with Gasteiger partial charge in [-0.05, 0) is 37.6 Å². The number of thiazole rings is 1. The maximum atomic E-state index is 12.3. The second kappa shape index (κ2) is 6.72. The minimum absolute atomic E-state index is 0.0173. The second-order valence-electron chi connectivity index (χ2n) is 5.48. The van der Waals surface area contributed by atoms with E-state index in [2.05, 4.69) is 16.8 Å². The highest BCUT2D eigenvalue weighted by Gasteiger charge is 2.11. The van der Waals surface area contributed by atoms with Crippen LogP contribution in [-0.2, 0) is 6.54 Å². The molecule has 23 heavy (non-hydrogen) atoms. The van der Waals surface area contributed by atoms with Gasteiger partial charge in [0, 0.05) is 34.4 Å². The average Bonchev–Trinajstić information content (AvgIpc) is 2.89. The van der Waals surface area contributed by atoms with Gasteiger partial charge in [-0.1, -0.05) is 18.5 Å². The summed E-state index contributed by atoms with van der Waals surface area (Å²) in [6.07, 6.45) is 1.02. The molecule has 0 radical (unpaired) electrons. The number of aromatic nitrogens is 2. The normalized spacial score (nSPS) is 11.1. The van der Waals surface area contributed by atoms with Gasteiger partial charge in [0.2, 0.25) is 0 Å². The van der Waals surface area contributed by atoms with E-state index in [1.165, 1.54) is 11.3 Å². The molecule has 0 N–H and O–H groups in total. The van der Waals surface area contributed by atoms with Crippen LogP contribution >= 0.6 is 22.9 Å². The number of benzene rings is 1. The third-order valence-corrected chi connectivity index (χ3v) is 4.86. The van der Waals surface area contributed by atoms with Gasteiger partial charge in [0.1, 0.15) is 0 Å². The van der Waals surface area contributed by atoms with E-state index in [1.807, 2.05) is 36.6 Å². The quantitative estimate of drug-likeness (QED) is 0.696. The van der Waals surface area contributed by atoms with Crippen molar-refractivity contribution in [3.63, 3.8) is 0 Å². The van der Waals surface area contributed by atoms with E-state index in [0.717, 1.165) is 40.0 Å². The molecular formula is C17H18ClN3OS. The number of halogens is 1. The van der Waals surface area contributed by atoms with Gasteiger partial charge in [-0.2, -0.15) is 0 Å². The summed E-state index contributed by atoms with van der Waals surface area (Å²) in [5.74, 6) is 0. The van der Waals surface area contributed by atoms with Crippen molar-refractivity contribution in [2.45, 2.75) is 26.8 Å². The van der Waals surface area contributed by atoms with Crippen molar-refractivity contribution in [1.29, 1.82) is 0 Å². The monoisotopic (exact) mass is 347 g/mol. The Morgan fingerprint density at radius 2 is 2.04 bits per heavy atom. The topological polar surface area (TPSA) is 37.6 Å². The molecule has 3 aromatic rings. The lowest BCUT2D eigenvalue weighted by Crippen LogP contribution is -2.25. The fourth-order valence-corrected chi connectivity index (χ4v) is 3.62. The van der Waals surface area contributed by atoms with Crippen LogP contribution in [0.15, 0.2) is 40.5 Å². The van der Waals surface area contributed by atoms with Crippen LogP contribution in [0.4, 0.5) is 5.69 Å². The molecule has 0 saturated heterocycles. The maximum absolute atomic E-state index is 12.3. The number of anilines is 1. The molecule has 0 saturated carbocycles. The molecule has 0 aliphatic heterocycles. The number of aryl methyl sites for hydroxylation is 1. The van der Waals surface area contributed by atoms with E-state index >= 15 is 0 Å². The Hall–Kier alpha value is -1.85. The lowest BCUT2D eigenvalue weighted by Gasteiger charge is -2.24. The van der Waals surface area contributed by atoms with Crippen molar-refractivity contribution in [2.75, 3.05) is 11.4 Å². The lowest BCUT2D eigenvalue weighted by molar-refractivity contribution is 0.752. The molecule has 4 nitrogen and oxygen atoms in total. The van der Waals surface area contributed by atoms with Crippen molar-refractivity contribution in [3.05, 3.63) is 62.5 Å². The Labute approximate surface area is 144 Å². The lowest BCUT2D eigenvalue weighted by atomic mass is 10.2. The summed E-state index contributed by atoms with van der Waals surface area (Å²) in [6.45, 7) is 5.56. The number of rotatable bonds is 5. The molecule has 0 aliphatic carbocycles.